The highest BCUT2D eigenvalue weighted by Gasteiger charge is 2.32. The summed E-state index contributed by atoms with van der Waals surface area (Å²) in [6, 6.07) is -5.81. The van der Waals surface area contributed by atoms with Gasteiger partial charge in [0.25, 0.3) is 0 Å². The van der Waals surface area contributed by atoms with Crippen LogP contribution in [0.2, 0.25) is 0 Å². The van der Waals surface area contributed by atoms with E-state index in [-0.39, 0.29) is 19.3 Å². The smallest absolute Gasteiger partial charge is 0.326 e. The van der Waals surface area contributed by atoms with Crippen molar-refractivity contribution in [1.29, 1.82) is 0 Å². The number of nitrogens with one attached hydrogen (secondary N) is 5. The fraction of sp³-hybridized carbons (Fsp3) is 0.429. The Morgan fingerprint density at radius 3 is 1.74 bits per heavy atom. The first kappa shape index (κ1) is 29.4. The van der Waals surface area contributed by atoms with Crippen molar-refractivity contribution in [2.75, 3.05) is 0 Å². The van der Waals surface area contributed by atoms with E-state index in [9.17, 15) is 39.0 Å². The number of imidazole rings is 2. The van der Waals surface area contributed by atoms with Crippen LogP contribution < -0.4 is 21.7 Å². The lowest BCUT2D eigenvalue weighted by atomic mass is 10.1. The van der Waals surface area contributed by atoms with Crippen molar-refractivity contribution in [3.63, 3.8) is 0 Å². The molecule has 0 radical (unpaired) electrons. The molecule has 17 heteroatoms. The van der Waals surface area contributed by atoms with Crippen LogP contribution in [0.25, 0.3) is 0 Å². The Morgan fingerprint density at radius 2 is 1.26 bits per heavy atom. The third kappa shape index (κ3) is 9.69. The van der Waals surface area contributed by atoms with E-state index >= 15 is 0 Å². The molecule has 38 heavy (non-hydrogen) atoms. The summed E-state index contributed by atoms with van der Waals surface area (Å²) < 4.78 is 0. The molecule has 0 bridgehead atoms. The van der Waals surface area contributed by atoms with Gasteiger partial charge in [0.1, 0.15) is 18.1 Å². The molecule has 4 unspecified atom stereocenters. The van der Waals surface area contributed by atoms with Crippen LogP contribution >= 0.6 is 0 Å². The lowest BCUT2D eigenvalue weighted by Crippen LogP contribution is -2.58. The van der Waals surface area contributed by atoms with Crippen molar-refractivity contribution >= 4 is 35.6 Å². The number of rotatable bonds is 16. The molecule has 2 aromatic rings. The quantitative estimate of drug-likeness (QED) is 0.105. The van der Waals surface area contributed by atoms with Crippen LogP contribution in [0, 0.1) is 0 Å². The molecule has 0 aliphatic heterocycles. The van der Waals surface area contributed by atoms with Crippen LogP contribution in [0.5, 0.6) is 0 Å². The summed E-state index contributed by atoms with van der Waals surface area (Å²) in [5.74, 6) is -6.95. The molecular weight excluding hydrogens is 508 g/mol. The van der Waals surface area contributed by atoms with Gasteiger partial charge < -0.3 is 47.0 Å². The second-order valence-corrected chi connectivity index (χ2v) is 8.22. The van der Waals surface area contributed by atoms with E-state index in [0.717, 1.165) is 0 Å². The van der Waals surface area contributed by atoms with Crippen LogP contribution in [-0.4, -0.2) is 95.1 Å². The van der Waals surface area contributed by atoms with Crippen molar-refractivity contribution in [2.45, 2.75) is 56.3 Å². The van der Waals surface area contributed by atoms with E-state index < -0.39 is 72.6 Å². The number of amides is 3. The van der Waals surface area contributed by atoms with Gasteiger partial charge in [0, 0.05) is 43.0 Å². The summed E-state index contributed by atoms with van der Waals surface area (Å²) in [6.45, 7) is 0. The van der Waals surface area contributed by atoms with Crippen LogP contribution in [0.15, 0.2) is 25.0 Å². The zero-order valence-corrected chi connectivity index (χ0v) is 19.9. The van der Waals surface area contributed by atoms with E-state index in [2.05, 4.69) is 35.9 Å². The number of nitrogens with two attached hydrogens (primary N) is 1. The first-order valence-electron chi connectivity index (χ1n) is 11.2. The number of carboxylic acid groups (broad SMARTS) is 3. The van der Waals surface area contributed by atoms with Crippen molar-refractivity contribution in [3.05, 3.63) is 36.4 Å². The van der Waals surface area contributed by atoms with Gasteiger partial charge in [0.05, 0.1) is 25.1 Å². The maximum atomic E-state index is 13.1. The Labute approximate surface area is 214 Å². The molecule has 0 aliphatic rings. The minimum atomic E-state index is -1.70. The topological polar surface area (TPSA) is 283 Å². The van der Waals surface area contributed by atoms with Crippen LogP contribution in [0.3, 0.4) is 0 Å². The van der Waals surface area contributed by atoms with Gasteiger partial charge in [-0.1, -0.05) is 0 Å². The highest BCUT2D eigenvalue weighted by molar-refractivity contribution is 5.95. The highest BCUT2D eigenvalue weighted by Crippen LogP contribution is 2.05. The van der Waals surface area contributed by atoms with Crippen LogP contribution in [0.1, 0.15) is 30.7 Å². The van der Waals surface area contributed by atoms with Crippen LogP contribution in [-0.2, 0) is 41.6 Å². The Hall–Kier alpha value is -4.80. The van der Waals surface area contributed by atoms with Gasteiger partial charge >= 0.3 is 17.9 Å². The number of carbonyl (C=O) groups is 6. The molecule has 10 N–H and O–H groups in total. The number of aromatic nitrogens is 4. The van der Waals surface area contributed by atoms with Gasteiger partial charge in [-0.05, 0) is 6.42 Å². The molecule has 17 nitrogen and oxygen atoms in total. The molecule has 0 saturated heterocycles. The van der Waals surface area contributed by atoms with E-state index in [1.807, 2.05) is 0 Å². The Bertz CT molecular complexity index is 1120. The molecule has 3 amide bonds. The molecule has 2 rings (SSSR count). The standard InChI is InChI=1S/C21H28N8O9/c22-12(1-2-16(30)31)18(34)27-13(3-10-6-23-8-25-10)19(35)28-14(5-17(32)33)20(36)29-15(21(37)38)4-11-7-24-9-26-11/h6-9,12-15H,1-5,22H2,(H,23,25)(H,24,26)(H,27,34)(H,28,35)(H,29,36)(H,30,31)(H,32,33)(H,37,38). The molecule has 2 aromatic heterocycles. The second kappa shape index (κ2) is 14.1. The highest BCUT2D eigenvalue weighted by atomic mass is 16.4. The number of H-pyrrole nitrogens is 2. The van der Waals surface area contributed by atoms with E-state index in [1.165, 1.54) is 25.0 Å². The lowest BCUT2D eigenvalue weighted by Gasteiger charge is -2.24. The molecule has 0 aliphatic carbocycles. The normalized spacial score (nSPS) is 13.9. The van der Waals surface area contributed by atoms with Gasteiger partial charge in [0.2, 0.25) is 17.7 Å². The second-order valence-electron chi connectivity index (χ2n) is 8.22. The summed E-state index contributed by atoms with van der Waals surface area (Å²) in [7, 11) is 0. The molecule has 0 fully saturated rings. The minimum absolute atomic E-state index is 0.164. The Morgan fingerprint density at radius 1 is 0.763 bits per heavy atom. The molecule has 206 valence electrons. The van der Waals surface area contributed by atoms with Gasteiger partial charge in [-0.25, -0.2) is 14.8 Å². The molecular formula is C21H28N8O9. The van der Waals surface area contributed by atoms with Gasteiger partial charge in [-0.3, -0.25) is 24.0 Å². The zero-order valence-electron chi connectivity index (χ0n) is 19.9. The van der Waals surface area contributed by atoms with E-state index in [0.29, 0.717) is 11.4 Å². The monoisotopic (exact) mass is 536 g/mol. The van der Waals surface area contributed by atoms with Crippen molar-refractivity contribution in [3.8, 4) is 0 Å². The summed E-state index contributed by atoms with van der Waals surface area (Å²) in [5.41, 5.74) is 6.49. The number of carboxylic acids is 3. The first-order chi connectivity index (χ1) is 18.0. The number of carbonyl (C=O) groups excluding carboxylic acids is 3. The maximum Gasteiger partial charge on any atom is 0.326 e. The molecule has 2 heterocycles. The van der Waals surface area contributed by atoms with Crippen LogP contribution in [0.4, 0.5) is 0 Å². The van der Waals surface area contributed by atoms with E-state index in [1.54, 1.807) is 0 Å². The van der Waals surface area contributed by atoms with Crippen molar-refractivity contribution < 1.29 is 44.1 Å². The molecule has 0 saturated carbocycles. The summed E-state index contributed by atoms with van der Waals surface area (Å²) in [4.78, 5) is 85.1. The average Bonchev–Trinajstić information content (AvgIpc) is 3.55. The SMILES string of the molecule is NC(CCC(=O)O)C(=O)NC(Cc1cnc[nH]1)C(=O)NC(CC(=O)O)C(=O)NC(Cc1cnc[nH]1)C(=O)O. The minimum Gasteiger partial charge on any atom is -0.481 e. The summed E-state index contributed by atoms with van der Waals surface area (Å²) >= 11 is 0. The largest absolute Gasteiger partial charge is 0.481 e. The average molecular weight is 537 g/mol. The van der Waals surface area contributed by atoms with Gasteiger partial charge in [-0.15, -0.1) is 0 Å². The number of aliphatic carboxylic acids is 3. The fourth-order valence-electron chi connectivity index (χ4n) is 3.26. The predicted octanol–water partition coefficient (Wildman–Crippen LogP) is -2.88. The lowest BCUT2D eigenvalue weighted by molar-refractivity contribution is -0.143. The van der Waals surface area contributed by atoms with Crippen molar-refractivity contribution in [2.24, 2.45) is 5.73 Å². The Kier molecular flexibility index (Phi) is 10.9. The van der Waals surface area contributed by atoms with E-state index in [4.69, 9.17) is 10.8 Å². The fourth-order valence-corrected chi connectivity index (χ4v) is 3.26. The first-order valence-corrected chi connectivity index (χ1v) is 11.2. The molecule has 0 spiro atoms. The summed E-state index contributed by atoms with van der Waals surface area (Å²) in [5, 5.41) is 34.3. The number of aromatic amines is 2. The number of hydrogen-bond acceptors (Lipinski definition) is 9. The third-order valence-electron chi connectivity index (χ3n) is 5.22. The predicted molar refractivity (Wildman–Crippen MR) is 125 cm³/mol. The van der Waals surface area contributed by atoms with Crippen molar-refractivity contribution in [1.82, 2.24) is 35.9 Å². The molecule has 4 atom stereocenters. The maximum absolute atomic E-state index is 13.1. The Balaban J connectivity index is 2.16. The zero-order chi connectivity index (χ0) is 28.2. The summed E-state index contributed by atoms with van der Waals surface area (Å²) in [6.07, 6.45) is 3.49. The van der Waals surface area contributed by atoms with Gasteiger partial charge in [-0.2, -0.15) is 0 Å². The number of hydrogen-bond donors (Lipinski definition) is 9. The number of nitrogens with zero attached hydrogens (tertiary/aromatic N) is 2. The molecule has 0 aromatic carbocycles. The third-order valence-corrected chi connectivity index (χ3v) is 5.22. The van der Waals surface area contributed by atoms with Gasteiger partial charge in [0.15, 0.2) is 0 Å².